The van der Waals surface area contributed by atoms with Crippen molar-refractivity contribution in [1.29, 1.82) is 5.26 Å². The first kappa shape index (κ1) is 19.5. The van der Waals surface area contributed by atoms with E-state index in [4.69, 9.17) is 4.74 Å². The highest BCUT2D eigenvalue weighted by Crippen LogP contribution is 2.28. The number of nitrogens with zero attached hydrogens (tertiary/aromatic N) is 1. The summed E-state index contributed by atoms with van der Waals surface area (Å²) in [6.07, 6.45) is 3.47. The average molecular weight is 347 g/mol. The monoisotopic (exact) mass is 347 g/mol. The Morgan fingerprint density at radius 1 is 1.00 bits per heavy atom. The van der Waals surface area contributed by atoms with E-state index >= 15 is 0 Å². The molecule has 134 valence electrons. The van der Waals surface area contributed by atoms with Crippen LogP contribution in [0.3, 0.4) is 0 Å². The summed E-state index contributed by atoms with van der Waals surface area (Å²) in [7, 11) is 0. The van der Waals surface area contributed by atoms with Gasteiger partial charge in [0, 0.05) is 5.57 Å². The summed E-state index contributed by atoms with van der Waals surface area (Å²) in [5, 5.41) is 9.74. The summed E-state index contributed by atoms with van der Waals surface area (Å²) >= 11 is 0. The van der Waals surface area contributed by atoms with Crippen LogP contribution in [-0.4, -0.2) is 12.1 Å². The van der Waals surface area contributed by atoms with Gasteiger partial charge < -0.3 is 4.74 Å². The zero-order valence-electron chi connectivity index (χ0n) is 15.4. The Balaban J connectivity index is 2.45. The summed E-state index contributed by atoms with van der Waals surface area (Å²) in [5.74, 6) is -0.543. The van der Waals surface area contributed by atoms with Gasteiger partial charge in [-0.25, -0.2) is 4.79 Å². The fraction of sp³-hybridized carbons (Fsp3) is 0.304. The number of hydrogen-bond acceptors (Lipinski definition) is 3. The predicted octanol–water partition coefficient (Wildman–Crippen LogP) is 5.52. The highest BCUT2D eigenvalue weighted by atomic mass is 16.5. The molecule has 0 bridgehead atoms. The molecule has 0 N–H and O–H groups in total. The van der Waals surface area contributed by atoms with Crippen LogP contribution in [0.1, 0.15) is 50.7 Å². The van der Waals surface area contributed by atoms with Crippen LogP contribution in [0, 0.1) is 11.3 Å². The van der Waals surface area contributed by atoms with Crippen molar-refractivity contribution in [2.45, 2.75) is 45.6 Å². The molecule has 1 atom stereocenters. The second kappa shape index (κ2) is 10.2. The van der Waals surface area contributed by atoms with Gasteiger partial charge in [-0.2, -0.15) is 5.26 Å². The number of ether oxygens (including phenoxy) is 1. The van der Waals surface area contributed by atoms with Crippen molar-refractivity contribution in [3.8, 4) is 6.07 Å². The van der Waals surface area contributed by atoms with E-state index in [0.717, 1.165) is 36.8 Å². The molecule has 0 radical (unpaired) electrons. The summed E-state index contributed by atoms with van der Waals surface area (Å²) in [4.78, 5) is 12.8. The highest BCUT2D eigenvalue weighted by Gasteiger charge is 2.22. The Hall–Kier alpha value is -2.86. The Bertz CT molecular complexity index is 731. The van der Waals surface area contributed by atoms with Gasteiger partial charge in [-0.1, -0.05) is 87.4 Å². The number of unbranched alkanes of at least 4 members (excludes halogenated alkanes) is 1. The summed E-state index contributed by atoms with van der Waals surface area (Å²) in [6, 6.07) is 21.1. The molecule has 1 unspecified atom stereocenters. The minimum Gasteiger partial charge on any atom is -0.458 e. The van der Waals surface area contributed by atoms with Gasteiger partial charge in [-0.3, -0.25) is 0 Å². The van der Waals surface area contributed by atoms with Crippen LogP contribution in [0.25, 0.3) is 5.57 Å². The lowest BCUT2D eigenvalue weighted by Gasteiger charge is -2.17. The Kier molecular flexibility index (Phi) is 7.64. The molecule has 2 aromatic carbocycles. The van der Waals surface area contributed by atoms with Crippen LogP contribution in [-0.2, 0) is 9.53 Å². The fourth-order valence-corrected chi connectivity index (χ4v) is 2.86. The first-order valence-corrected chi connectivity index (χ1v) is 9.17. The molecule has 2 aromatic rings. The predicted molar refractivity (Wildman–Crippen MR) is 104 cm³/mol. The Morgan fingerprint density at radius 3 is 1.96 bits per heavy atom. The van der Waals surface area contributed by atoms with Crippen LogP contribution in [0.2, 0.25) is 0 Å². The van der Waals surface area contributed by atoms with Gasteiger partial charge in [0.1, 0.15) is 17.7 Å². The largest absolute Gasteiger partial charge is 0.458 e. The van der Waals surface area contributed by atoms with Crippen LogP contribution in [0.5, 0.6) is 0 Å². The molecule has 3 nitrogen and oxygen atoms in total. The lowest BCUT2D eigenvalue weighted by Crippen LogP contribution is -2.19. The lowest BCUT2D eigenvalue weighted by atomic mass is 9.93. The van der Waals surface area contributed by atoms with Crippen molar-refractivity contribution in [2.24, 2.45) is 0 Å². The van der Waals surface area contributed by atoms with Crippen LogP contribution >= 0.6 is 0 Å². The van der Waals surface area contributed by atoms with E-state index < -0.39 is 5.97 Å². The number of carbonyl (C=O) groups is 1. The van der Waals surface area contributed by atoms with Gasteiger partial charge >= 0.3 is 5.97 Å². The van der Waals surface area contributed by atoms with Gasteiger partial charge in [0.25, 0.3) is 0 Å². The quantitative estimate of drug-likeness (QED) is 0.359. The summed E-state index contributed by atoms with van der Waals surface area (Å²) < 4.78 is 5.66. The van der Waals surface area contributed by atoms with Crippen LogP contribution < -0.4 is 0 Å². The van der Waals surface area contributed by atoms with E-state index in [-0.39, 0.29) is 11.7 Å². The van der Waals surface area contributed by atoms with Crippen molar-refractivity contribution >= 4 is 11.5 Å². The van der Waals surface area contributed by atoms with Gasteiger partial charge in [0.05, 0.1) is 0 Å². The van der Waals surface area contributed by atoms with Crippen LogP contribution in [0.15, 0.2) is 66.2 Å². The molecule has 0 aliphatic carbocycles. The standard InChI is InChI=1S/C23H25NO2/c1-3-5-16-20(4-2)26-23(25)21(17-24)22(18-12-8-6-9-13-18)19-14-10-7-11-15-19/h6-15,20H,3-5,16H2,1-2H3. The van der Waals surface area contributed by atoms with Crippen molar-refractivity contribution in [3.63, 3.8) is 0 Å². The molecular formula is C23H25NO2. The number of carbonyl (C=O) groups excluding carboxylic acids is 1. The zero-order chi connectivity index (χ0) is 18.8. The van der Waals surface area contributed by atoms with Gasteiger partial charge in [0.15, 0.2) is 0 Å². The first-order valence-electron chi connectivity index (χ1n) is 9.17. The third-order valence-electron chi connectivity index (χ3n) is 4.30. The lowest BCUT2D eigenvalue weighted by molar-refractivity contribution is -0.144. The minimum absolute atomic E-state index is 0.0531. The molecule has 2 rings (SSSR count). The summed E-state index contributed by atoms with van der Waals surface area (Å²) in [6.45, 7) is 4.11. The normalized spacial score (nSPS) is 11.3. The first-order chi connectivity index (χ1) is 12.7. The van der Waals surface area contributed by atoms with Crippen molar-refractivity contribution < 1.29 is 9.53 Å². The SMILES string of the molecule is CCCCC(CC)OC(=O)C(C#N)=C(c1ccccc1)c1ccccc1. The second-order valence-electron chi connectivity index (χ2n) is 6.17. The molecule has 0 aliphatic heterocycles. The molecule has 3 heteroatoms. The Labute approximate surface area is 155 Å². The zero-order valence-corrected chi connectivity index (χ0v) is 15.4. The maximum Gasteiger partial charge on any atom is 0.349 e. The molecule has 0 heterocycles. The fourth-order valence-electron chi connectivity index (χ4n) is 2.86. The van der Waals surface area contributed by atoms with Gasteiger partial charge in [-0.05, 0) is 24.0 Å². The van der Waals surface area contributed by atoms with E-state index in [2.05, 4.69) is 13.0 Å². The minimum atomic E-state index is -0.543. The molecule has 0 saturated carbocycles. The third-order valence-corrected chi connectivity index (χ3v) is 4.30. The molecule has 0 aromatic heterocycles. The number of rotatable bonds is 8. The van der Waals surface area contributed by atoms with E-state index in [1.807, 2.05) is 67.6 Å². The van der Waals surface area contributed by atoms with E-state index in [0.29, 0.717) is 5.57 Å². The average Bonchev–Trinajstić information content (AvgIpc) is 2.70. The highest BCUT2D eigenvalue weighted by molar-refractivity contribution is 6.05. The molecule has 0 amide bonds. The van der Waals surface area contributed by atoms with Crippen molar-refractivity contribution in [1.82, 2.24) is 0 Å². The van der Waals surface area contributed by atoms with Crippen LogP contribution in [0.4, 0.5) is 0 Å². The third kappa shape index (κ3) is 5.07. The molecule has 26 heavy (non-hydrogen) atoms. The molecular weight excluding hydrogens is 322 g/mol. The van der Waals surface area contributed by atoms with E-state index in [1.54, 1.807) is 0 Å². The second-order valence-corrected chi connectivity index (χ2v) is 6.17. The smallest absolute Gasteiger partial charge is 0.349 e. The molecule has 0 aliphatic rings. The number of esters is 1. The summed E-state index contributed by atoms with van der Waals surface area (Å²) in [5.41, 5.74) is 2.32. The van der Waals surface area contributed by atoms with Gasteiger partial charge in [-0.15, -0.1) is 0 Å². The maximum atomic E-state index is 12.8. The van der Waals surface area contributed by atoms with E-state index in [1.165, 1.54) is 0 Å². The topological polar surface area (TPSA) is 50.1 Å². The van der Waals surface area contributed by atoms with Crippen molar-refractivity contribution in [3.05, 3.63) is 77.4 Å². The number of nitriles is 1. The molecule has 0 saturated heterocycles. The maximum absolute atomic E-state index is 12.8. The molecule has 0 fully saturated rings. The van der Waals surface area contributed by atoms with Crippen molar-refractivity contribution in [2.75, 3.05) is 0 Å². The van der Waals surface area contributed by atoms with Gasteiger partial charge in [0.2, 0.25) is 0 Å². The Morgan fingerprint density at radius 2 is 1.54 bits per heavy atom. The molecule has 0 spiro atoms. The number of benzene rings is 2. The number of hydrogen-bond donors (Lipinski definition) is 0. The van der Waals surface area contributed by atoms with E-state index in [9.17, 15) is 10.1 Å².